The lowest BCUT2D eigenvalue weighted by molar-refractivity contribution is 0.562. The van der Waals surface area contributed by atoms with E-state index in [0.717, 1.165) is 6.42 Å². The third-order valence-electron chi connectivity index (χ3n) is 1.26. The normalized spacial score (nSPS) is 8.30. The van der Waals surface area contributed by atoms with E-state index < -0.39 is 0 Å². The van der Waals surface area contributed by atoms with Crippen molar-refractivity contribution in [2.75, 3.05) is 0 Å². The molecule has 0 aliphatic carbocycles. The molecule has 0 spiro atoms. The Balaban J connectivity index is 3.65. The molecule has 0 aliphatic heterocycles. The Labute approximate surface area is 61.4 Å². The monoisotopic (exact) mass is 134 g/mol. The van der Waals surface area contributed by atoms with E-state index in [4.69, 9.17) is 10.5 Å². The first-order valence-electron chi connectivity index (χ1n) is 3.20. The Morgan fingerprint density at radius 3 is 2.10 bits per heavy atom. The summed E-state index contributed by atoms with van der Waals surface area (Å²) in [5.74, 6) is 0.187. The van der Waals surface area contributed by atoms with Gasteiger partial charge in [-0.05, 0) is 12.3 Å². The van der Waals surface area contributed by atoms with Crippen LogP contribution in [-0.2, 0) is 0 Å². The highest BCUT2D eigenvalue weighted by atomic mass is 14.3. The van der Waals surface area contributed by atoms with Gasteiger partial charge in [-0.3, -0.25) is 0 Å². The number of hydrogen-bond acceptors (Lipinski definition) is 2. The molecule has 0 saturated heterocycles. The van der Waals surface area contributed by atoms with Gasteiger partial charge in [0.2, 0.25) is 0 Å². The number of hydrogen-bond donors (Lipinski definition) is 0. The molecule has 0 rings (SSSR count). The maximum absolute atomic E-state index is 8.30. The Morgan fingerprint density at radius 1 is 1.30 bits per heavy atom. The Bertz CT molecular complexity index is 155. The molecule has 0 aromatic heterocycles. The van der Waals surface area contributed by atoms with Crippen molar-refractivity contribution in [2.24, 2.45) is 5.92 Å². The first-order valence-corrected chi connectivity index (χ1v) is 3.20. The lowest BCUT2D eigenvalue weighted by Gasteiger charge is -2.02. The van der Waals surface area contributed by atoms with Crippen LogP contribution in [0.4, 0.5) is 0 Å². The van der Waals surface area contributed by atoms with Crippen LogP contribution in [0.2, 0.25) is 0 Å². The minimum Gasteiger partial charge on any atom is -0.198 e. The molecule has 0 atom stereocenters. The summed E-state index contributed by atoms with van der Waals surface area (Å²) in [5, 5.41) is 16.6. The molecule has 52 valence electrons. The van der Waals surface area contributed by atoms with Gasteiger partial charge in [-0.15, -0.1) is 6.58 Å². The molecule has 0 heterocycles. The van der Waals surface area contributed by atoms with Crippen molar-refractivity contribution in [1.82, 2.24) is 0 Å². The highest BCUT2D eigenvalue weighted by molar-refractivity contribution is 4.86. The van der Waals surface area contributed by atoms with E-state index in [-0.39, 0.29) is 5.92 Å². The van der Waals surface area contributed by atoms with Crippen LogP contribution in [0.25, 0.3) is 0 Å². The predicted octanol–water partition coefficient (Wildman–Crippen LogP) is 2.01. The van der Waals surface area contributed by atoms with Crippen LogP contribution < -0.4 is 0 Å². The van der Waals surface area contributed by atoms with Crippen LogP contribution in [0, 0.1) is 28.6 Å². The fourth-order valence-electron chi connectivity index (χ4n) is 0.733. The van der Waals surface area contributed by atoms with Gasteiger partial charge in [0, 0.05) is 12.8 Å². The maximum Gasteiger partial charge on any atom is 0.0625 e. The highest BCUT2D eigenvalue weighted by Gasteiger charge is 2.03. The maximum atomic E-state index is 8.30. The van der Waals surface area contributed by atoms with Gasteiger partial charge < -0.3 is 0 Å². The van der Waals surface area contributed by atoms with Crippen molar-refractivity contribution in [3.63, 3.8) is 0 Å². The second kappa shape index (κ2) is 5.85. The summed E-state index contributed by atoms with van der Waals surface area (Å²) in [4.78, 5) is 0. The van der Waals surface area contributed by atoms with Crippen molar-refractivity contribution >= 4 is 0 Å². The van der Waals surface area contributed by atoms with Crippen molar-refractivity contribution in [3.05, 3.63) is 12.7 Å². The van der Waals surface area contributed by atoms with Crippen LogP contribution in [0.15, 0.2) is 12.7 Å². The zero-order valence-corrected chi connectivity index (χ0v) is 5.88. The second-order valence-electron chi connectivity index (χ2n) is 2.11. The molecular weight excluding hydrogens is 124 g/mol. The van der Waals surface area contributed by atoms with E-state index in [2.05, 4.69) is 6.58 Å². The standard InChI is InChI=1S/C8H10N2/c1-2-3-8(4-6-9)5-7-10/h2,8H,1,3-5H2. The number of nitrogens with zero attached hydrogens (tertiary/aromatic N) is 2. The minimum absolute atomic E-state index is 0.187. The zero-order chi connectivity index (χ0) is 7.82. The first-order chi connectivity index (χ1) is 4.85. The Kier molecular flexibility index (Phi) is 5.10. The molecule has 10 heavy (non-hydrogen) atoms. The van der Waals surface area contributed by atoms with Crippen LogP contribution in [0.1, 0.15) is 19.3 Å². The van der Waals surface area contributed by atoms with Gasteiger partial charge in [0.15, 0.2) is 0 Å². The van der Waals surface area contributed by atoms with Gasteiger partial charge in [-0.1, -0.05) is 6.08 Å². The van der Waals surface area contributed by atoms with E-state index in [9.17, 15) is 0 Å². The van der Waals surface area contributed by atoms with Crippen molar-refractivity contribution < 1.29 is 0 Å². The number of rotatable bonds is 4. The van der Waals surface area contributed by atoms with Crippen molar-refractivity contribution in [1.29, 1.82) is 10.5 Å². The van der Waals surface area contributed by atoms with Crippen molar-refractivity contribution in [2.45, 2.75) is 19.3 Å². The molecule has 0 amide bonds. The van der Waals surface area contributed by atoms with E-state index in [1.54, 1.807) is 6.08 Å². The molecule has 0 aliphatic rings. The SMILES string of the molecule is C=CCC(CC#N)CC#N. The molecule has 2 nitrogen and oxygen atoms in total. The first kappa shape index (κ1) is 8.72. The van der Waals surface area contributed by atoms with Crippen LogP contribution in [0.5, 0.6) is 0 Å². The van der Waals surface area contributed by atoms with Crippen molar-refractivity contribution in [3.8, 4) is 12.1 Å². The Hall–Kier alpha value is -1.28. The molecule has 0 saturated carbocycles. The van der Waals surface area contributed by atoms with Gasteiger partial charge in [-0.25, -0.2) is 0 Å². The lowest BCUT2D eigenvalue weighted by Crippen LogP contribution is -1.95. The molecule has 0 N–H and O–H groups in total. The topological polar surface area (TPSA) is 47.6 Å². The predicted molar refractivity (Wildman–Crippen MR) is 38.8 cm³/mol. The van der Waals surface area contributed by atoms with Gasteiger partial charge in [0.1, 0.15) is 0 Å². The molecule has 0 fully saturated rings. The molecule has 0 bridgehead atoms. The van der Waals surface area contributed by atoms with Gasteiger partial charge in [-0.2, -0.15) is 10.5 Å². The van der Waals surface area contributed by atoms with Crippen LogP contribution in [0.3, 0.4) is 0 Å². The van der Waals surface area contributed by atoms with E-state index in [1.165, 1.54) is 0 Å². The molecule has 2 heteroatoms. The molecular formula is C8H10N2. The largest absolute Gasteiger partial charge is 0.198 e. The number of allylic oxidation sites excluding steroid dienone is 1. The summed E-state index contributed by atoms with van der Waals surface area (Å²) in [6.45, 7) is 3.55. The smallest absolute Gasteiger partial charge is 0.0625 e. The van der Waals surface area contributed by atoms with Gasteiger partial charge in [0.05, 0.1) is 12.1 Å². The summed E-state index contributed by atoms with van der Waals surface area (Å²) in [5.41, 5.74) is 0. The second-order valence-corrected chi connectivity index (χ2v) is 2.11. The summed E-state index contributed by atoms with van der Waals surface area (Å²) in [7, 11) is 0. The molecule has 0 aromatic rings. The van der Waals surface area contributed by atoms with Crippen LogP contribution in [-0.4, -0.2) is 0 Å². The Morgan fingerprint density at radius 2 is 1.80 bits per heavy atom. The average molecular weight is 134 g/mol. The number of nitriles is 2. The van der Waals surface area contributed by atoms with E-state index in [1.807, 2.05) is 12.1 Å². The van der Waals surface area contributed by atoms with Gasteiger partial charge in [0.25, 0.3) is 0 Å². The van der Waals surface area contributed by atoms with E-state index in [0.29, 0.717) is 12.8 Å². The minimum atomic E-state index is 0.187. The fraction of sp³-hybridized carbons (Fsp3) is 0.500. The molecule has 0 unspecified atom stereocenters. The lowest BCUT2D eigenvalue weighted by atomic mass is 9.99. The summed E-state index contributed by atoms with van der Waals surface area (Å²) < 4.78 is 0. The van der Waals surface area contributed by atoms with Crippen LogP contribution >= 0.6 is 0 Å². The fourth-order valence-corrected chi connectivity index (χ4v) is 0.733. The average Bonchev–Trinajstić information content (AvgIpc) is 1.90. The summed E-state index contributed by atoms with van der Waals surface area (Å²) in [6.07, 6.45) is 3.43. The van der Waals surface area contributed by atoms with Gasteiger partial charge >= 0.3 is 0 Å². The third-order valence-corrected chi connectivity index (χ3v) is 1.26. The molecule has 0 radical (unpaired) electrons. The van der Waals surface area contributed by atoms with E-state index >= 15 is 0 Å². The summed E-state index contributed by atoms with van der Waals surface area (Å²) in [6, 6.07) is 4.08. The zero-order valence-electron chi connectivity index (χ0n) is 5.88. The molecule has 0 aromatic carbocycles. The highest BCUT2D eigenvalue weighted by Crippen LogP contribution is 2.11. The summed E-state index contributed by atoms with van der Waals surface area (Å²) >= 11 is 0. The quantitative estimate of drug-likeness (QED) is 0.552. The third kappa shape index (κ3) is 3.69.